The second-order valence-electron chi connectivity index (χ2n) is 6.98. The number of halogens is 1. The topological polar surface area (TPSA) is 59.8 Å². The minimum absolute atomic E-state index is 0.00846. The van der Waals surface area contributed by atoms with Crippen molar-refractivity contribution in [3.8, 4) is 0 Å². The fourth-order valence-electron chi connectivity index (χ4n) is 3.40. The number of rotatable bonds is 6. The van der Waals surface area contributed by atoms with Crippen LogP contribution in [0.5, 0.6) is 0 Å². The highest BCUT2D eigenvalue weighted by molar-refractivity contribution is 7.98. The van der Waals surface area contributed by atoms with Crippen molar-refractivity contribution >= 4 is 41.2 Å². The first kappa shape index (κ1) is 20.4. The first-order chi connectivity index (χ1) is 14.5. The van der Waals surface area contributed by atoms with Crippen LogP contribution in [0.25, 0.3) is 6.08 Å². The molecule has 0 saturated heterocycles. The van der Waals surface area contributed by atoms with Gasteiger partial charge in [-0.25, -0.2) is 4.68 Å². The first-order valence-electron chi connectivity index (χ1n) is 9.57. The van der Waals surface area contributed by atoms with Crippen molar-refractivity contribution in [1.29, 1.82) is 0 Å². The Labute approximate surface area is 184 Å². The Kier molecular flexibility index (Phi) is 6.06. The molecule has 5 nitrogen and oxygen atoms in total. The number of aromatic nitrogens is 3. The summed E-state index contributed by atoms with van der Waals surface area (Å²) in [7, 11) is 0. The van der Waals surface area contributed by atoms with Crippen molar-refractivity contribution < 1.29 is 4.79 Å². The number of nitrogens with one attached hydrogen (secondary N) is 1. The molecule has 1 unspecified atom stereocenters. The summed E-state index contributed by atoms with van der Waals surface area (Å²) in [6.07, 6.45) is 4.01. The number of Topliss-reactive ketones (excluding diaryl/α,β-unsaturated/α-hetero) is 1. The predicted molar refractivity (Wildman–Crippen MR) is 123 cm³/mol. The van der Waals surface area contributed by atoms with Crippen LogP contribution in [0.3, 0.4) is 0 Å². The molecule has 0 radical (unpaired) electrons. The van der Waals surface area contributed by atoms with Crippen LogP contribution in [0.4, 0.5) is 5.95 Å². The van der Waals surface area contributed by atoms with Crippen molar-refractivity contribution in [2.75, 3.05) is 5.32 Å². The summed E-state index contributed by atoms with van der Waals surface area (Å²) >= 11 is 7.78. The average Bonchev–Trinajstić information content (AvgIpc) is 3.14. The molecule has 30 heavy (non-hydrogen) atoms. The molecule has 3 aromatic rings. The van der Waals surface area contributed by atoms with Gasteiger partial charge in [0.05, 0.1) is 0 Å². The van der Waals surface area contributed by atoms with Crippen LogP contribution in [0.15, 0.2) is 77.1 Å². The first-order valence-corrected chi connectivity index (χ1v) is 10.9. The third-order valence-electron chi connectivity index (χ3n) is 4.84. The lowest BCUT2D eigenvalue weighted by Crippen LogP contribution is -2.25. The Morgan fingerprint density at radius 1 is 1.20 bits per heavy atom. The standard InChI is InChI=1S/C23H21ClN4OS/c1-15-21(16(2)29)20(13-12-17-8-4-3-5-9-17)28-22(25-15)26-23(27-28)30-14-18-10-6-7-11-19(18)24/h3-13,20H,14H2,1-2H3,(H,25,26,27)/b13-12+. The van der Waals surface area contributed by atoms with Gasteiger partial charge in [0.2, 0.25) is 11.1 Å². The minimum Gasteiger partial charge on any atom is -0.328 e. The van der Waals surface area contributed by atoms with E-state index in [-0.39, 0.29) is 11.8 Å². The molecule has 1 aliphatic rings. The molecule has 0 saturated carbocycles. The van der Waals surface area contributed by atoms with Gasteiger partial charge in [0, 0.05) is 22.0 Å². The van der Waals surface area contributed by atoms with Crippen LogP contribution in [0.2, 0.25) is 5.02 Å². The number of hydrogen-bond donors (Lipinski definition) is 1. The average molecular weight is 437 g/mol. The molecule has 2 aromatic carbocycles. The summed E-state index contributed by atoms with van der Waals surface area (Å²) in [5, 5.41) is 9.27. The lowest BCUT2D eigenvalue weighted by molar-refractivity contribution is -0.114. The fraction of sp³-hybridized carbons (Fsp3) is 0.174. The number of hydrogen-bond acceptors (Lipinski definition) is 5. The van der Waals surface area contributed by atoms with Crippen molar-refractivity contribution in [3.05, 3.63) is 88.1 Å². The second-order valence-corrected chi connectivity index (χ2v) is 8.33. The maximum atomic E-state index is 12.4. The molecule has 0 aliphatic carbocycles. The molecule has 4 rings (SSSR count). The summed E-state index contributed by atoms with van der Waals surface area (Å²) in [6.45, 7) is 3.48. The van der Waals surface area contributed by atoms with E-state index < -0.39 is 0 Å². The quantitative estimate of drug-likeness (QED) is 0.497. The van der Waals surface area contributed by atoms with Gasteiger partial charge in [-0.3, -0.25) is 4.79 Å². The van der Waals surface area contributed by atoms with E-state index in [0.717, 1.165) is 21.8 Å². The number of anilines is 1. The largest absolute Gasteiger partial charge is 0.328 e. The molecular weight excluding hydrogens is 416 g/mol. The van der Waals surface area contributed by atoms with E-state index >= 15 is 0 Å². The molecule has 0 bridgehead atoms. The number of carbonyl (C=O) groups excluding carboxylic acids is 1. The molecule has 1 aromatic heterocycles. The third kappa shape index (κ3) is 4.35. The zero-order chi connectivity index (χ0) is 21.1. The van der Waals surface area contributed by atoms with Crippen LogP contribution in [0.1, 0.15) is 31.0 Å². The molecule has 7 heteroatoms. The van der Waals surface area contributed by atoms with Crippen LogP contribution < -0.4 is 5.32 Å². The molecule has 1 atom stereocenters. The molecule has 0 spiro atoms. The maximum Gasteiger partial charge on any atom is 0.227 e. The van der Waals surface area contributed by atoms with E-state index in [1.54, 1.807) is 11.6 Å². The molecule has 1 aliphatic heterocycles. The van der Waals surface area contributed by atoms with Gasteiger partial charge in [0.1, 0.15) is 6.04 Å². The number of carbonyl (C=O) groups is 1. The number of ketones is 1. The highest BCUT2D eigenvalue weighted by atomic mass is 35.5. The molecule has 0 amide bonds. The van der Waals surface area contributed by atoms with Crippen molar-refractivity contribution in [2.45, 2.75) is 30.8 Å². The van der Waals surface area contributed by atoms with E-state index in [0.29, 0.717) is 22.4 Å². The lowest BCUT2D eigenvalue weighted by Gasteiger charge is -2.25. The van der Waals surface area contributed by atoms with Gasteiger partial charge in [-0.2, -0.15) is 4.98 Å². The van der Waals surface area contributed by atoms with Crippen LogP contribution in [-0.4, -0.2) is 20.5 Å². The number of fused-ring (bicyclic) bond motifs is 1. The van der Waals surface area contributed by atoms with Gasteiger partial charge in [-0.15, -0.1) is 5.10 Å². The highest BCUT2D eigenvalue weighted by Crippen LogP contribution is 2.34. The smallest absolute Gasteiger partial charge is 0.227 e. The Morgan fingerprint density at radius 3 is 2.67 bits per heavy atom. The van der Waals surface area contributed by atoms with E-state index in [2.05, 4.69) is 15.4 Å². The normalized spacial score (nSPS) is 15.9. The Morgan fingerprint density at radius 2 is 1.93 bits per heavy atom. The van der Waals surface area contributed by atoms with Crippen molar-refractivity contribution in [1.82, 2.24) is 14.8 Å². The van der Waals surface area contributed by atoms with Crippen LogP contribution in [-0.2, 0) is 10.5 Å². The highest BCUT2D eigenvalue weighted by Gasteiger charge is 2.29. The Bertz CT molecular complexity index is 1140. The summed E-state index contributed by atoms with van der Waals surface area (Å²) in [5.41, 5.74) is 3.57. The van der Waals surface area contributed by atoms with Gasteiger partial charge in [0.15, 0.2) is 5.78 Å². The van der Waals surface area contributed by atoms with Crippen LogP contribution in [0, 0.1) is 0 Å². The molecule has 1 N–H and O–H groups in total. The predicted octanol–water partition coefficient (Wildman–Crippen LogP) is 5.77. The summed E-state index contributed by atoms with van der Waals surface area (Å²) in [5.74, 6) is 1.30. The zero-order valence-electron chi connectivity index (χ0n) is 16.7. The SMILES string of the molecule is CC(=O)C1=C(C)Nc2nc(SCc3ccccc3Cl)nn2C1/C=C/c1ccccc1. The summed E-state index contributed by atoms with van der Waals surface area (Å²) < 4.78 is 1.78. The van der Waals surface area contributed by atoms with Gasteiger partial charge < -0.3 is 5.32 Å². The van der Waals surface area contributed by atoms with Gasteiger partial charge in [0.25, 0.3) is 0 Å². The van der Waals surface area contributed by atoms with Gasteiger partial charge in [-0.1, -0.05) is 84.0 Å². The Balaban J connectivity index is 1.63. The molecule has 152 valence electrons. The third-order valence-corrected chi connectivity index (χ3v) is 6.09. The molecule has 0 fully saturated rings. The van der Waals surface area contributed by atoms with Gasteiger partial charge in [-0.05, 0) is 31.0 Å². The van der Waals surface area contributed by atoms with E-state index in [1.165, 1.54) is 11.8 Å². The second kappa shape index (κ2) is 8.90. The number of nitrogens with zero attached hydrogens (tertiary/aromatic N) is 3. The summed E-state index contributed by atoms with van der Waals surface area (Å²) in [4.78, 5) is 17.0. The van der Waals surface area contributed by atoms with Gasteiger partial charge >= 0.3 is 0 Å². The Hall–Kier alpha value is -2.83. The molecular formula is C23H21ClN4OS. The van der Waals surface area contributed by atoms with E-state index in [4.69, 9.17) is 11.6 Å². The molecule has 2 heterocycles. The van der Waals surface area contributed by atoms with E-state index in [9.17, 15) is 4.79 Å². The lowest BCUT2D eigenvalue weighted by atomic mass is 9.98. The summed E-state index contributed by atoms with van der Waals surface area (Å²) in [6, 6.07) is 17.4. The van der Waals surface area contributed by atoms with E-state index in [1.807, 2.05) is 73.7 Å². The maximum absolute atomic E-state index is 12.4. The van der Waals surface area contributed by atoms with Crippen LogP contribution >= 0.6 is 23.4 Å². The van der Waals surface area contributed by atoms with Crippen molar-refractivity contribution in [2.24, 2.45) is 0 Å². The number of allylic oxidation sites excluding steroid dienone is 3. The fourth-order valence-corrected chi connectivity index (χ4v) is 4.51. The van der Waals surface area contributed by atoms with Crippen molar-refractivity contribution in [3.63, 3.8) is 0 Å². The number of thioether (sulfide) groups is 1. The zero-order valence-corrected chi connectivity index (χ0v) is 18.2. The minimum atomic E-state index is -0.318. The monoisotopic (exact) mass is 436 g/mol. The number of benzene rings is 2.